The molecule has 0 saturated heterocycles. The zero-order valence-corrected chi connectivity index (χ0v) is 19.1. The standard InChI is InChI=1S/C24H21N5O.C2H6/c1-15-14-29(24(19-8-4-6-10-25-19)20-9-5-7-11-26-20)21-12-18(13-27-23(15)21)22-16(2)28-30-17(22)3;1-2/h4-14,24H,1-3H3;1-2H3. The Morgan fingerprint density at radius 2 is 1.53 bits per heavy atom. The number of rotatable bonds is 4. The van der Waals surface area contributed by atoms with E-state index in [2.05, 4.69) is 38.9 Å². The van der Waals surface area contributed by atoms with Crippen molar-refractivity contribution in [3.63, 3.8) is 0 Å². The Hall–Kier alpha value is -3.80. The third kappa shape index (κ3) is 3.80. The molecule has 0 aliphatic carbocycles. The van der Waals surface area contributed by atoms with Gasteiger partial charge in [-0.25, -0.2) is 0 Å². The van der Waals surface area contributed by atoms with Crippen molar-refractivity contribution < 1.29 is 4.52 Å². The fourth-order valence-electron chi connectivity index (χ4n) is 4.05. The molecule has 0 aromatic carbocycles. The van der Waals surface area contributed by atoms with Crippen LogP contribution in [0.15, 0.2) is 71.8 Å². The minimum Gasteiger partial charge on any atom is -0.361 e. The number of hydrogen-bond acceptors (Lipinski definition) is 5. The first-order valence-corrected chi connectivity index (χ1v) is 10.9. The van der Waals surface area contributed by atoms with Gasteiger partial charge in [-0.1, -0.05) is 31.1 Å². The fraction of sp³-hybridized carbons (Fsp3) is 0.231. The molecule has 0 unspecified atom stereocenters. The number of aryl methyl sites for hydroxylation is 3. The van der Waals surface area contributed by atoms with Crippen LogP contribution < -0.4 is 0 Å². The maximum atomic E-state index is 5.38. The molecule has 0 fully saturated rings. The van der Waals surface area contributed by atoms with Gasteiger partial charge >= 0.3 is 0 Å². The van der Waals surface area contributed by atoms with Crippen LogP contribution in [0.3, 0.4) is 0 Å². The van der Waals surface area contributed by atoms with Crippen LogP contribution in [0.1, 0.15) is 48.3 Å². The van der Waals surface area contributed by atoms with Gasteiger partial charge in [-0.05, 0) is 56.7 Å². The first-order valence-electron chi connectivity index (χ1n) is 10.9. The third-order valence-corrected chi connectivity index (χ3v) is 5.39. The lowest BCUT2D eigenvalue weighted by molar-refractivity contribution is 0.393. The number of nitrogens with zero attached hydrogens (tertiary/aromatic N) is 5. The molecule has 5 heterocycles. The predicted octanol–water partition coefficient (Wildman–Crippen LogP) is 6.07. The van der Waals surface area contributed by atoms with Crippen LogP contribution in [-0.2, 0) is 0 Å². The van der Waals surface area contributed by atoms with Gasteiger partial charge in [0.15, 0.2) is 0 Å². The van der Waals surface area contributed by atoms with Crippen LogP contribution in [0.5, 0.6) is 0 Å². The lowest BCUT2D eigenvalue weighted by Crippen LogP contribution is -2.14. The van der Waals surface area contributed by atoms with E-state index in [1.54, 1.807) is 0 Å². The highest BCUT2D eigenvalue weighted by molar-refractivity contribution is 5.85. The van der Waals surface area contributed by atoms with Gasteiger partial charge in [-0.3, -0.25) is 15.0 Å². The summed E-state index contributed by atoms with van der Waals surface area (Å²) in [5, 5.41) is 4.10. The number of pyridine rings is 3. The molecular formula is C26H27N5O. The third-order valence-electron chi connectivity index (χ3n) is 5.39. The topological polar surface area (TPSA) is 69.6 Å². The summed E-state index contributed by atoms with van der Waals surface area (Å²) in [5.74, 6) is 0.787. The van der Waals surface area contributed by atoms with Crippen molar-refractivity contribution in [1.82, 2.24) is 24.7 Å². The van der Waals surface area contributed by atoms with Gasteiger partial charge in [0.05, 0.1) is 28.1 Å². The van der Waals surface area contributed by atoms with Crippen LogP contribution in [-0.4, -0.2) is 24.7 Å². The largest absolute Gasteiger partial charge is 0.361 e. The molecule has 32 heavy (non-hydrogen) atoms. The van der Waals surface area contributed by atoms with E-state index in [1.807, 2.05) is 82.7 Å². The van der Waals surface area contributed by atoms with E-state index >= 15 is 0 Å². The summed E-state index contributed by atoms with van der Waals surface area (Å²) in [7, 11) is 0. The lowest BCUT2D eigenvalue weighted by Gasteiger charge is -2.19. The van der Waals surface area contributed by atoms with Crippen molar-refractivity contribution in [3.8, 4) is 11.1 Å². The number of hydrogen-bond donors (Lipinski definition) is 0. The van der Waals surface area contributed by atoms with Gasteiger partial charge in [-0.2, -0.15) is 0 Å². The highest BCUT2D eigenvalue weighted by atomic mass is 16.5. The Labute approximate surface area is 188 Å². The van der Waals surface area contributed by atoms with Gasteiger partial charge in [0.2, 0.25) is 0 Å². The minimum atomic E-state index is -0.162. The van der Waals surface area contributed by atoms with Crippen molar-refractivity contribution in [3.05, 3.63) is 95.7 Å². The number of fused-ring (bicyclic) bond motifs is 1. The smallest absolute Gasteiger partial charge is 0.141 e. The SMILES string of the molecule is CC.Cc1noc(C)c1-c1cnc2c(C)cn(C(c3ccccn3)c3ccccn3)c2c1. The van der Waals surface area contributed by atoms with Gasteiger partial charge < -0.3 is 9.09 Å². The molecule has 0 aliphatic rings. The van der Waals surface area contributed by atoms with E-state index in [9.17, 15) is 0 Å². The molecule has 5 aromatic rings. The average molecular weight is 426 g/mol. The molecule has 0 bridgehead atoms. The first kappa shape index (κ1) is 21.4. The molecule has 0 atom stereocenters. The van der Waals surface area contributed by atoms with E-state index in [4.69, 9.17) is 9.51 Å². The lowest BCUT2D eigenvalue weighted by atomic mass is 10.0. The van der Waals surface area contributed by atoms with Crippen molar-refractivity contribution in [2.45, 2.75) is 40.7 Å². The molecule has 0 aliphatic heterocycles. The molecule has 5 rings (SSSR count). The average Bonchev–Trinajstić information content (AvgIpc) is 3.35. The van der Waals surface area contributed by atoms with Crippen molar-refractivity contribution in [2.24, 2.45) is 0 Å². The van der Waals surface area contributed by atoms with Crippen LogP contribution in [0, 0.1) is 20.8 Å². The second-order valence-electron chi connectivity index (χ2n) is 7.42. The van der Waals surface area contributed by atoms with Gasteiger partial charge in [-0.15, -0.1) is 0 Å². The molecule has 6 nitrogen and oxygen atoms in total. The fourth-order valence-corrected chi connectivity index (χ4v) is 4.05. The second-order valence-corrected chi connectivity index (χ2v) is 7.42. The number of aromatic nitrogens is 5. The Balaban J connectivity index is 0.00000119. The summed E-state index contributed by atoms with van der Waals surface area (Å²) in [6, 6.07) is 13.9. The van der Waals surface area contributed by atoms with Gasteiger partial charge in [0.1, 0.15) is 11.8 Å². The summed E-state index contributed by atoms with van der Waals surface area (Å²) in [4.78, 5) is 14.1. The van der Waals surface area contributed by atoms with Crippen LogP contribution >= 0.6 is 0 Å². The minimum absolute atomic E-state index is 0.162. The summed E-state index contributed by atoms with van der Waals surface area (Å²) in [6.07, 6.45) is 7.65. The van der Waals surface area contributed by atoms with E-state index in [1.165, 1.54) is 0 Å². The molecule has 0 amide bonds. The second kappa shape index (κ2) is 9.14. The molecule has 0 N–H and O–H groups in total. The van der Waals surface area contributed by atoms with E-state index in [0.29, 0.717) is 0 Å². The Bertz CT molecular complexity index is 1260. The molecule has 5 aromatic heterocycles. The summed E-state index contributed by atoms with van der Waals surface area (Å²) >= 11 is 0. The summed E-state index contributed by atoms with van der Waals surface area (Å²) in [6.45, 7) is 9.95. The van der Waals surface area contributed by atoms with E-state index < -0.39 is 0 Å². The van der Waals surface area contributed by atoms with Crippen LogP contribution in [0.2, 0.25) is 0 Å². The monoisotopic (exact) mass is 425 g/mol. The predicted molar refractivity (Wildman–Crippen MR) is 127 cm³/mol. The zero-order valence-electron chi connectivity index (χ0n) is 19.1. The first-order chi connectivity index (χ1) is 15.6. The molecule has 0 saturated carbocycles. The quantitative estimate of drug-likeness (QED) is 0.349. The van der Waals surface area contributed by atoms with Gasteiger partial charge in [0.25, 0.3) is 0 Å². The maximum absolute atomic E-state index is 5.38. The normalized spacial score (nSPS) is 10.9. The highest BCUT2D eigenvalue weighted by Crippen LogP contribution is 2.34. The Morgan fingerprint density at radius 1 is 0.875 bits per heavy atom. The molecule has 0 radical (unpaired) electrons. The molecule has 6 heteroatoms. The molecular weight excluding hydrogens is 398 g/mol. The zero-order chi connectivity index (χ0) is 22.7. The summed E-state index contributed by atoms with van der Waals surface area (Å²) in [5.41, 5.74) is 7.77. The van der Waals surface area contributed by atoms with Crippen LogP contribution in [0.4, 0.5) is 0 Å². The Kier molecular flexibility index (Phi) is 6.12. The Morgan fingerprint density at radius 3 is 2.06 bits per heavy atom. The van der Waals surface area contributed by atoms with E-state index in [-0.39, 0.29) is 6.04 Å². The van der Waals surface area contributed by atoms with Crippen molar-refractivity contribution >= 4 is 11.0 Å². The molecule has 0 spiro atoms. The molecule has 162 valence electrons. The van der Waals surface area contributed by atoms with E-state index in [0.717, 1.165) is 50.6 Å². The highest BCUT2D eigenvalue weighted by Gasteiger charge is 2.23. The maximum Gasteiger partial charge on any atom is 0.141 e. The van der Waals surface area contributed by atoms with Crippen LogP contribution in [0.25, 0.3) is 22.2 Å². The van der Waals surface area contributed by atoms with Gasteiger partial charge in [0, 0.05) is 35.9 Å². The van der Waals surface area contributed by atoms with Crippen molar-refractivity contribution in [1.29, 1.82) is 0 Å². The van der Waals surface area contributed by atoms with Crippen molar-refractivity contribution in [2.75, 3.05) is 0 Å². The summed E-state index contributed by atoms with van der Waals surface area (Å²) < 4.78 is 7.59.